The van der Waals surface area contributed by atoms with Crippen LogP contribution in [0.4, 0.5) is 13.2 Å². The Hall–Kier alpha value is -1.25. The van der Waals surface area contributed by atoms with Crippen LogP contribution in [0.3, 0.4) is 0 Å². The summed E-state index contributed by atoms with van der Waals surface area (Å²) in [6, 6.07) is 7.12. The molecule has 0 aliphatic heterocycles. The first-order valence-electron chi connectivity index (χ1n) is 4.24. The zero-order chi connectivity index (χ0) is 11.4. The van der Waals surface area contributed by atoms with Crippen molar-refractivity contribution in [2.75, 3.05) is 0 Å². The molecule has 2 atom stereocenters. The monoisotopic (exact) mass is 250 g/mol. The van der Waals surface area contributed by atoms with Gasteiger partial charge in [0.1, 0.15) is 0 Å². The van der Waals surface area contributed by atoms with Crippen LogP contribution in [-0.2, 0) is 0 Å². The summed E-state index contributed by atoms with van der Waals surface area (Å²) in [7, 11) is 0. The molecule has 0 saturated carbocycles. The van der Waals surface area contributed by atoms with Gasteiger partial charge in [0.2, 0.25) is 6.43 Å². The molecule has 1 rings (SSSR count). The molecule has 0 spiro atoms. The van der Waals surface area contributed by atoms with Crippen molar-refractivity contribution >= 4 is 12.4 Å². The van der Waals surface area contributed by atoms with E-state index < -0.39 is 18.6 Å². The molecule has 0 radical (unpaired) electrons. The van der Waals surface area contributed by atoms with Gasteiger partial charge in [-0.3, -0.25) is 0 Å². The normalized spacial score (nSPS) is 13.8. The van der Waals surface area contributed by atoms with Gasteiger partial charge in [0, 0.05) is 0 Å². The smallest absolute Gasteiger partial charge is 0.249 e. The number of alkyl halides is 3. The fourth-order valence-corrected chi connectivity index (χ4v) is 1.25. The Morgan fingerprint density at radius 2 is 1.62 bits per heavy atom. The van der Waals surface area contributed by atoms with Gasteiger partial charge in [0.15, 0.2) is 6.30 Å². The lowest BCUT2D eigenvalue weighted by Gasteiger charge is -2.17. The maximum atomic E-state index is 12.7. The van der Waals surface area contributed by atoms with E-state index in [1.165, 1.54) is 24.3 Å². The Morgan fingerprint density at radius 3 is 1.94 bits per heavy atom. The van der Waals surface area contributed by atoms with Gasteiger partial charge in [-0.25, -0.2) is 13.2 Å². The van der Waals surface area contributed by atoms with Crippen molar-refractivity contribution in [3.8, 4) is 6.07 Å². The number of nitrogens with two attached hydrogens (primary N) is 1. The molecule has 1 aromatic rings. The molecular weight excluding hydrogens is 241 g/mol. The molecule has 2 N–H and O–H groups in total. The van der Waals surface area contributed by atoms with Crippen LogP contribution in [0, 0.1) is 11.3 Å². The van der Waals surface area contributed by atoms with E-state index in [0.717, 1.165) is 0 Å². The SMILES string of the molecule is Cl.N#Cc1ccc(C(C(N)F)C(F)F)cc1. The number of hydrogen-bond acceptors (Lipinski definition) is 2. The maximum Gasteiger partial charge on any atom is 0.249 e. The fourth-order valence-electron chi connectivity index (χ4n) is 1.25. The molecule has 2 nitrogen and oxygen atoms in total. The molecule has 16 heavy (non-hydrogen) atoms. The molecule has 0 amide bonds. The molecule has 0 bridgehead atoms. The van der Waals surface area contributed by atoms with E-state index in [9.17, 15) is 13.2 Å². The Balaban J connectivity index is 0.00000225. The van der Waals surface area contributed by atoms with Crippen molar-refractivity contribution in [2.24, 2.45) is 5.73 Å². The number of nitrogens with zero attached hydrogens (tertiary/aromatic N) is 1. The molecule has 0 heterocycles. The highest BCUT2D eigenvalue weighted by Gasteiger charge is 2.28. The van der Waals surface area contributed by atoms with Crippen LogP contribution >= 0.6 is 12.4 Å². The summed E-state index contributed by atoms with van der Waals surface area (Å²) in [5.74, 6) is -1.64. The van der Waals surface area contributed by atoms with Crippen molar-refractivity contribution in [3.05, 3.63) is 35.4 Å². The Bertz CT molecular complexity index is 351. The summed E-state index contributed by atoms with van der Waals surface area (Å²) < 4.78 is 37.6. The molecule has 6 heteroatoms. The van der Waals surface area contributed by atoms with E-state index >= 15 is 0 Å². The summed E-state index contributed by atoms with van der Waals surface area (Å²) >= 11 is 0. The quantitative estimate of drug-likeness (QED) is 0.839. The molecule has 0 saturated heterocycles. The average Bonchev–Trinajstić information content (AvgIpc) is 2.18. The number of hydrogen-bond donors (Lipinski definition) is 1. The van der Waals surface area contributed by atoms with Crippen LogP contribution in [0.25, 0.3) is 0 Å². The van der Waals surface area contributed by atoms with E-state index in [-0.39, 0.29) is 18.0 Å². The standard InChI is InChI=1S/C10H9F3N2.ClH/c11-9(12)8(10(13)15)7-3-1-6(5-14)2-4-7;/h1-4,8-10H,15H2;1H. The summed E-state index contributed by atoms with van der Waals surface area (Å²) in [6.07, 6.45) is -4.98. The second-order valence-corrected chi connectivity index (χ2v) is 3.04. The predicted octanol–water partition coefficient (Wildman–Crippen LogP) is 2.58. The summed E-state index contributed by atoms with van der Waals surface area (Å²) in [5.41, 5.74) is 5.26. The van der Waals surface area contributed by atoms with Gasteiger partial charge in [0.25, 0.3) is 0 Å². The molecule has 0 fully saturated rings. The van der Waals surface area contributed by atoms with E-state index in [0.29, 0.717) is 5.56 Å². The van der Waals surface area contributed by atoms with Crippen LogP contribution in [0.15, 0.2) is 24.3 Å². The highest BCUT2D eigenvalue weighted by atomic mass is 35.5. The van der Waals surface area contributed by atoms with Crippen LogP contribution < -0.4 is 5.73 Å². The third kappa shape index (κ3) is 3.40. The van der Waals surface area contributed by atoms with E-state index in [2.05, 4.69) is 0 Å². The molecule has 88 valence electrons. The van der Waals surface area contributed by atoms with Crippen molar-refractivity contribution in [1.82, 2.24) is 0 Å². The van der Waals surface area contributed by atoms with Crippen molar-refractivity contribution in [1.29, 1.82) is 5.26 Å². The lowest BCUT2D eigenvalue weighted by Crippen LogP contribution is -2.28. The van der Waals surface area contributed by atoms with Crippen LogP contribution in [0.1, 0.15) is 17.0 Å². The number of benzene rings is 1. The van der Waals surface area contributed by atoms with Gasteiger partial charge in [-0.2, -0.15) is 5.26 Å². The number of halogens is 4. The second-order valence-electron chi connectivity index (χ2n) is 3.04. The Kier molecular flexibility index (Phi) is 5.86. The van der Waals surface area contributed by atoms with Crippen LogP contribution in [0.5, 0.6) is 0 Å². The largest absolute Gasteiger partial charge is 0.301 e. The van der Waals surface area contributed by atoms with Crippen molar-refractivity contribution in [3.63, 3.8) is 0 Å². The topological polar surface area (TPSA) is 49.8 Å². The van der Waals surface area contributed by atoms with Gasteiger partial charge in [0.05, 0.1) is 17.6 Å². The lowest BCUT2D eigenvalue weighted by atomic mass is 9.98. The molecule has 0 aliphatic carbocycles. The molecule has 2 unspecified atom stereocenters. The number of nitriles is 1. The van der Waals surface area contributed by atoms with Gasteiger partial charge < -0.3 is 5.73 Å². The van der Waals surface area contributed by atoms with Gasteiger partial charge >= 0.3 is 0 Å². The minimum Gasteiger partial charge on any atom is -0.301 e. The second kappa shape index (κ2) is 6.36. The lowest BCUT2D eigenvalue weighted by molar-refractivity contribution is 0.0730. The average molecular weight is 251 g/mol. The van der Waals surface area contributed by atoms with E-state index in [4.69, 9.17) is 11.0 Å². The molecule has 0 aromatic heterocycles. The molecule has 0 aliphatic rings. The minimum atomic E-state index is -2.86. The minimum absolute atomic E-state index is 0. The van der Waals surface area contributed by atoms with Gasteiger partial charge in [-0.05, 0) is 17.7 Å². The van der Waals surface area contributed by atoms with Gasteiger partial charge in [-0.1, -0.05) is 12.1 Å². The van der Waals surface area contributed by atoms with E-state index in [1.54, 1.807) is 0 Å². The van der Waals surface area contributed by atoms with Crippen molar-refractivity contribution in [2.45, 2.75) is 18.6 Å². The Morgan fingerprint density at radius 1 is 1.12 bits per heavy atom. The first-order valence-corrected chi connectivity index (χ1v) is 4.24. The summed E-state index contributed by atoms with van der Waals surface area (Å²) in [5, 5.41) is 8.49. The maximum absolute atomic E-state index is 12.7. The highest BCUT2D eigenvalue weighted by molar-refractivity contribution is 5.85. The zero-order valence-corrected chi connectivity index (χ0v) is 8.92. The molecular formula is C10H10ClF3N2. The van der Waals surface area contributed by atoms with Crippen LogP contribution in [0.2, 0.25) is 0 Å². The first kappa shape index (κ1) is 14.8. The summed E-state index contributed by atoms with van der Waals surface area (Å²) in [4.78, 5) is 0. The zero-order valence-electron chi connectivity index (χ0n) is 8.11. The van der Waals surface area contributed by atoms with Gasteiger partial charge in [-0.15, -0.1) is 12.4 Å². The first-order chi connectivity index (χ1) is 7.06. The third-order valence-electron chi connectivity index (χ3n) is 2.04. The summed E-state index contributed by atoms with van der Waals surface area (Å²) in [6.45, 7) is 0. The van der Waals surface area contributed by atoms with Crippen molar-refractivity contribution < 1.29 is 13.2 Å². The van der Waals surface area contributed by atoms with E-state index in [1.807, 2.05) is 6.07 Å². The highest BCUT2D eigenvalue weighted by Crippen LogP contribution is 2.26. The third-order valence-corrected chi connectivity index (χ3v) is 2.04. The molecule has 1 aromatic carbocycles. The Labute approximate surface area is 97.3 Å². The number of rotatable bonds is 3. The predicted molar refractivity (Wildman–Crippen MR) is 56.2 cm³/mol. The fraction of sp³-hybridized carbons (Fsp3) is 0.300. The van der Waals surface area contributed by atoms with Crippen LogP contribution in [-0.4, -0.2) is 12.7 Å².